The summed E-state index contributed by atoms with van der Waals surface area (Å²) >= 11 is 0. The molecule has 0 unspecified atom stereocenters. The number of carbonyl (C=O) groups excluding carboxylic acids is 2. The zero-order chi connectivity index (χ0) is 14.7. The monoisotopic (exact) mass is 276 g/mol. The van der Waals surface area contributed by atoms with Crippen molar-refractivity contribution in [2.45, 2.75) is 25.8 Å². The van der Waals surface area contributed by atoms with E-state index in [-0.39, 0.29) is 11.8 Å². The molecule has 6 nitrogen and oxygen atoms in total. The fraction of sp³-hybridized carbons (Fsp3) is 0.357. The summed E-state index contributed by atoms with van der Waals surface area (Å²) in [6, 6.07) is 5.47. The van der Waals surface area contributed by atoms with Crippen molar-refractivity contribution < 1.29 is 19.5 Å². The van der Waals surface area contributed by atoms with Crippen LogP contribution in [-0.4, -0.2) is 28.9 Å². The fourth-order valence-corrected chi connectivity index (χ4v) is 1.67. The van der Waals surface area contributed by atoms with E-state index < -0.39 is 17.9 Å². The van der Waals surface area contributed by atoms with Gasteiger partial charge in [-0.1, -0.05) is 6.07 Å². The quantitative estimate of drug-likeness (QED) is 0.754. The highest BCUT2D eigenvalue weighted by molar-refractivity contribution is 5.99. The van der Waals surface area contributed by atoms with Crippen molar-refractivity contribution in [1.82, 2.24) is 5.32 Å². The van der Waals surface area contributed by atoms with Crippen LogP contribution in [0, 0.1) is 5.92 Å². The van der Waals surface area contributed by atoms with Crippen molar-refractivity contribution in [2.24, 2.45) is 5.92 Å². The first-order valence-corrected chi connectivity index (χ1v) is 6.42. The number of amides is 2. The van der Waals surface area contributed by atoms with Gasteiger partial charge in [-0.3, -0.25) is 14.4 Å². The van der Waals surface area contributed by atoms with E-state index in [0.717, 1.165) is 12.8 Å². The minimum absolute atomic E-state index is 0.0403. The molecule has 1 aromatic rings. The molecule has 3 N–H and O–H groups in total. The van der Waals surface area contributed by atoms with Crippen LogP contribution in [0.5, 0.6) is 0 Å². The Morgan fingerprint density at radius 2 is 2.00 bits per heavy atom. The topological polar surface area (TPSA) is 95.5 Å². The summed E-state index contributed by atoms with van der Waals surface area (Å²) in [5, 5.41) is 13.8. The van der Waals surface area contributed by atoms with Gasteiger partial charge >= 0.3 is 5.97 Å². The number of nitrogens with one attached hydrogen (secondary N) is 2. The van der Waals surface area contributed by atoms with Gasteiger partial charge < -0.3 is 15.7 Å². The van der Waals surface area contributed by atoms with E-state index in [1.54, 1.807) is 18.2 Å². The van der Waals surface area contributed by atoms with Gasteiger partial charge in [-0.05, 0) is 38.0 Å². The van der Waals surface area contributed by atoms with Gasteiger partial charge in [0.2, 0.25) is 5.91 Å². The molecule has 0 aliphatic heterocycles. The molecule has 1 aliphatic carbocycles. The average Bonchev–Trinajstić information content (AvgIpc) is 3.23. The first-order chi connectivity index (χ1) is 9.47. The van der Waals surface area contributed by atoms with Crippen molar-refractivity contribution >= 4 is 23.5 Å². The minimum Gasteiger partial charge on any atom is -0.480 e. The van der Waals surface area contributed by atoms with Crippen LogP contribution < -0.4 is 10.6 Å². The summed E-state index contributed by atoms with van der Waals surface area (Å²) in [4.78, 5) is 34.2. The number of rotatable bonds is 5. The van der Waals surface area contributed by atoms with Crippen LogP contribution in [0.3, 0.4) is 0 Å². The molecule has 106 valence electrons. The maximum atomic E-state index is 11.9. The Morgan fingerprint density at radius 3 is 2.60 bits per heavy atom. The fourth-order valence-electron chi connectivity index (χ4n) is 1.67. The largest absolute Gasteiger partial charge is 0.480 e. The lowest BCUT2D eigenvalue weighted by atomic mass is 10.1. The maximum absolute atomic E-state index is 11.9. The van der Waals surface area contributed by atoms with Crippen LogP contribution in [0.15, 0.2) is 24.3 Å². The molecule has 1 aromatic carbocycles. The van der Waals surface area contributed by atoms with Gasteiger partial charge in [0.05, 0.1) is 0 Å². The molecule has 0 saturated heterocycles. The van der Waals surface area contributed by atoms with Gasteiger partial charge in [0, 0.05) is 17.2 Å². The normalized spacial score (nSPS) is 15.2. The number of hydrogen-bond acceptors (Lipinski definition) is 3. The SMILES string of the molecule is C[C@H](NC(=O)c1cccc(NC(=O)C2CC2)c1)C(=O)O. The number of carboxylic acid groups (broad SMARTS) is 1. The van der Waals surface area contributed by atoms with Crippen LogP contribution in [-0.2, 0) is 9.59 Å². The van der Waals surface area contributed by atoms with E-state index in [4.69, 9.17) is 5.11 Å². The number of carboxylic acids is 1. The minimum atomic E-state index is -1.10. The summed E-state index contributed by atoms with van der Waals surface area (Å²) < 4.78 is 0. The van der Waals surface area contributed by atoms with Crippen LogP contribution in [0.25, 0.3) is 0 Å². The van der Waals surface area contributed by atoms with Gasteiger partial charge in [0.25, 0.3) is 5.91 Å². The van der Waals surface area contributed by atoms with Crippen molar-refractivity contribution in [3.8, 4) is 0 Å². The average molecular weight is 276 g/mol. The van der Waals surface area contributed by atoms with E-state index in [2.05, 4.69) is 10.6 Å². The van der Waals surface area contributed by atoms with Crippen LogP contribution in [0.2, 0.25) is 0 Å². The van der Waals surface area contributed by atoms with Crippen molar-refractivity contribution in [1.29, 1.82) is 0 Å². The predicted octanol–water partition coefficient (Wildman–Crippen LogP) is 1.24. The Morgan fingerprint density at radius 1 is 1.30 bits per heavy atom. The number of benzene rings is 1. The summed E-state index contributed by atoms with van der Waals surface area (Å²) in [6.07, 6.45) is 1.81. The third-order valence-corrected chi connectivity index (χ3v) is 3.06. The van der Waals surface area contributed by atoms with E-state index in [1.807, 2.05) is 0 Å². The Bertz CT molecular complexity index is 552. The second kappa shape index (κ2) is 5.73. The molecular weight excluding hydrogens is 260 g/mol. The molecule has 1 atom stereocenters. The maximum Gasteiger partial charge on any atom is 0.325 e. The summed E-state index contributed by atoms with van der Waals surface area (Å²) in [7, 11) is 0. The lowest BCUT2D eigenvalue weighted by Crippen LogP contribution is -2.38. The van der Waals surface area contributed by atoms with Crippen molar-refractivity contribution in [3.05, 3.63) is 29.8 Å². The number of aliphatic carboxylic acids is 1. The number of carbonyl (C=O) groups is 3. The molecule has 2 amide bonds. The van der Waals surface area contributed by atoms with E-state index in [1.165, 1.54) is 13.0 Å². The molecule has 1 fully saturated rings. The zero-order valence-electron chi connectivity index (χ0n) is 11.1. The highest BCUT2D eigenvalue weighted by atomic mass is 16.4. The standard InChI is InChI=1S/C14H16N2O4/c1-8(14(19)20)15-13(18)10-3-2-4-11(7-10)16-12(17)9-5-6-9/h2-4,7-9H,5-6H2,1H3,(H,15,18)(H,16,17)(H,19,20)/t8-/m0/s1. The van der Waals surface area contributed by atoms with E-state index in [9.17, 15) is 14.4 Å². The third kappa shape index (κ3) is 3.57. The lowest BCUT2D eigenvalue weighted by molar-refractivity contribution is -0.138. The second-order valence-electron chi connectivity index (χ2n) is 4.88. The Kier molecular flexibility index (Phi) is 4.02. The van der Waals surface area contributed by atoms with Crippen molar-refractivity contribution in [3.63, 3.8) is 0 Å². The molecule has 1 saturated carbocycles. The molecular formula is C14H16N2O4. The van der Waals surface area contributed by atoms with Crippen LogP contribution >= 0.6 is 0 Å². The molecule has 0 radical (unpaired) electrons. The Balaban J connectivity index is 2.02. The molecule has 0 bridgehead atoms. The van der Waals surface area contributed by atoms with Gasteiger partial charge in [-0.15, -0.1) is 0 Å². The van der Waals surface area contributed by atoms with Gasteiger partial charge in [0.1, 0.15) is 6.04 Å². The highest BCUT2D eigenvalue weighted by Gasteiger charge is 2.29. The second-order valence-corrected chi connectivity index (χ2v) is 4.88. The van der Waals surface area contributed by atoms with Crippen LogP contribution in [0.1, 0.15) is 30.1 Å². The van der Waals surface area contributed by atoms with E-state index >= 15 is 0 Å². The molecule has 0 aromatic heterocycles. The van der Waals surface area contributed by atoms with E-state index in [0.29, 0.717) is 11.3 Å². The summed E-state index contributed by atoms with van der Waals surface area (Å²) in [5.41, 5.74) is 0.851. The van der Waals surface area contributed by atoms with Gasteiger partial charge in [-0.25, -0.2) is 0 Å². The van der Waals surface area contributed by atoms with Gasteiger partial charge in [0.15, 0.2) is 0 Å². The first-order valence-electron chi connectivity index (χ1n) is 6.42. The Labute approximate surface area is 116 Å². The third-order valence-electron chi connectivity index (χ3n) is 3.06. The Hall–Kier alpha value is -2.37. The zero-order valence-corrected chi connectivity index (χ0v) is 11.1. The molecule has 2 rings (SSSR count). The molecule has 0 spiro atoms. The lowest BCUT2D eigenvalue weighted by Gasteiger charge is -2.10. The molecule has 6 heteroatoms. The highest BCUT2D eigenvalue weighted by Crippen LogP contribution is 2.30. The summed E-state index contributed by atoms with van der Waals surface area (Å²) in [5.74, 6) is -1.54. The molecule has 1 aliphatic rings. The number of hydrogen-bond donors (Lipinski definition) is 3. The van der Waals surface area contributed by atoms with Crippen molar-refractivity contribution in [2.75, 3.05) is 5.32 Å². The van der Waals surface area contributed by atoms with Gasteiger partial charge in [-0.2, -0.15) is 0 Å². The number of anilines is 1. The molecule has 0 heterocycles. The smallest absolute Gasteiger partial charge is 0.325 e. The first kappa shape index (κ1) is 14.0. The van der Waals surface area contributed by atoms with Crippen LogP contribution in [0.4, 0.5) is 5.69 Å². The summed E-state index contributed by atoms with van der Waals surface area (Å²) in [6.45, 7) is 1.39. The predicted molar refractivity (Wildman–Crippen MR) is 72.4 cm³/mol. The molecule has 20 heavy (non-hydrogen) atoms.